The van der Waals surface area contributed by atoms with Crippen molar-refractivity contribution < 1.29 is 0 Å². The maximum atomic E-state index is 4.78. The summed E-state index contributed by atoms with van der Waals surface area (Å²) < 4.78 is 2.43. The Balaban J connectivity index is 2.35. The molecular formula is C16H24N2. The first kappa shape index (κ1) is 13.1. The van der Waals surface area contributed by atoms with Crippen molar-refractivity contribution in [2.45, 2.75) is 53.0 Å². The van der Waals surface area contributed by atoms with Gasteiger partial charge in [0, 0.05) is 13.0 Å². The van der Waals surface area contributed by atoms with Crippen LogP contribution in [0, 0.1) is 5.92 Å². The average Bonchev–Trinajstić information content (AvgIpc) is 2.69. The Morgan fingerprint density at radius 3 is 2.67 bits per heavy atom. The highest BCUT2D eigenvalue weighted by Crippen LogP contribution is 2.20. The van der Waals surface area contributed by atoms with Gasteiger partial charge in [0.25, 0.3) is 0 Å². The van der Waals surface area contributed by atoms with Crippen molar-refractivity contribution in [3.8, 4) is 0 Å². The van der Waals surface area contributed by atoms with Crippen molar-refractivity contribution in [1.82, 2.24) is 9.55 Å². The third-order valence-corrected chi connectivity index (χ3v) is 3.48. The Bertz CT molecular complexity index is 499. The molecular weight excluding hydrogens is 220 g/mol. The van der Waals surface area contributed by atoms with E-state index in [4.69, 9.17) is 4.98 Å². The van der Waals surface area contributed by atoms with E-state index in [1.807, 2.05) is 0 Å². The molecule has 0 N–H and O–H groups in total. The molecule has 1 heterocycles. The van der Waals surface area contributed by atoms with E-state index in [1.54, 1.807) is 0 Å². The standard InChI is InChI=1S/C16H24N2/c1-4-8-13(3)12-18-15-11-7-6-10-14(15)17-16(18)9-5-2/h6-7,10-11,13H,4-5,8-9,12H2,1-3H3. The number of imidazole rings is 1. The summed E-state index contributed by atoms with van der Waals surface area (Å²) in [5.41, 5.74) is 2.44. The lowest BCUT2D eigenvalue weighted by molar-refractivity contribution is 0.443. The smallest absolute Gasteiger partial charge is 0.109 e. The molecule has 0 spiro atoms. The van der Waals surface area contributed by atoms with Crippen LogP contribution in [0.5, 0.6) is 0 Å². The summed E-state index contributed by atoms with van der Waals surface area (Å²) in [6, 6.07) is 8.50. The van der Waals surface area contributed by atoms with Crippen molar-refractivity contribution in [3.63, 3.8) is 0 Å². The zero-order valence-electron chi connectivity index (χ0n) is 11.8. The van der Waals surface area contributed by atoms with Gasteiger partial charge in [-0.2, -0.15) is 0 Å². The largest absolute Gasteiger partial charge is 0.328 e. The fraction of sp³-hybridized carbons (Fsp3) is 0.562. The van der Waals surface area contributed by atoms with Gasteiger partial charge in [-0.15, -0.1) is 0 Å². The van der Waals surface area contributed by atoms with E-state index in [9.17, 15) is 0 Å². The van der Waals surface area contributed by atoms with Gasteiger partial charge in [-0.3, -0.25) is 0 Å². The maximum absolute atomic E-state index is 4.78. The fourth-order valence-corrected chi connectivity index (χ4v) is 2.64. The van der Waals surface area contributed by atoms with Gasteiger partial charge < -0.3 is 4.57 Å². The number of rotatable bonds is 6. The fourth-order valence-electron chi connectivity index (χ4n) is 2.64. The van der Waals surface area contributed by atoms with Crippen molar-refractivity contribution in [2.24, 2.45) is 5.92 Å². The Morgan fingerprint density at radius 2 is 1.94 bits per heavy atom. The van der Waals surface area contributed by atoms with Crippen molar-refractivity contribution in [3.05, 3.63) is 30.1 Å². The lowest BCUT2D eigenvalue weighted by Gasteiger charge is -2.14. The first-order chi connectivity index (χ1) is 8.76. The molecule has 1 aromatic carbocycles. The molecule has 0 saturated carbocycles. The van der Waals surface area contributed by atoms with Crippen LogP contribution >= 0.6 is 0 Å². The van der Waals surface area contributed by atoms with Gasteiger partial charge in [0.1, 0.15) is 5.82 Å². The quantitative estimate of drug-likeness (QED) is 0.735. The zero-order valence-corrected chi connectivity index (χ0v) is 11.8. The van der Waals surface area contributed by atoms with Gasteiger partial charge in [0.15, 0.2) is 0 Å². The normalized spacial score (nSPS) is 13.1. The molecule has 1 atom stereocenters. The van der Waals surface area contributed by atoms with Gasteiger partial charge >= 0.3 is 0 Å². The number of hydrogen-bond acceptors (Lipinski definition) is 1. The van der Waals surface area contributed by atoms with Gasteiger partial charge in [0.05, 0.1) is 11.0 Å². The third kappa shape index (κ3) is 2.74. The van der Waals surface area contributed by atoms with Gasteiger partial charge in [0.2, 0.25) is 0 Å². The molecule has 0 aliphatic carbocycles. The summed E-state index contributed by atoms with van der Waals surface area (Å²) in [6.45, 7) is 7.92. The molecule has 2 aromatic rings. The summed E-state index contributed by atoms with van der Waals surface area (Å²) in [7, 11) is 0. The molecule has 2 rings (SSSR count). The van der Waals surface area contributed by atoms with Gasteiger partial charge in [-0.25, -0.2) is 4.98 Å². The third-order valence-electron chi connectivity index (χ3n) is 3.48. The van der Waals surface area contributed by atoms with E-state index < -0.39 is 0 Å². The highest BCUT2D eigenvalue weighted by Gasteiger charge is 2.11. The van der Waals surface area contributed by atoms with E-state index in [1.165, 1.54) is 24.2 Å². The maximum Gasteiger partial charge on any atom is 0.109 e. The molecule has 0 aliphatic heterocycles. The van der Waals surface area contributed by atoms with E-state index in [0.29, 0.717) is 0 Å². The molecule has 98 valence electrons. The highest BCUT2D eigenvalue weighted by molar-refractivity contribution is 5.75. The average molecular weight is 244 g/mol. The van der Waals surface area contributed by atoms with Crippen LogP contribution in [0.25, 0.3) is 11.0 Å². The van der Waals surface area contributed by atoms with Crippen LogP contribution in [0.1, 0.15) is 45.9 Å². The summed E-state index contributed by atoms with van der Waals surface area (Å²) in [5, 5.41) is 0. The summed E-state index contributed by atoms with van der Waals surface area (Å²) in [6.07, 6.45) is 4.79. The van der Waals surface area contributed by atoms with Crippen LogP contribution < -0.4 is 0 Å². The van der Waals surface area contributed by atoms with Gasteiger partial charge in [-0.05, 0) is 30.9 Å². The molecule has 0 fully saturated rings. The molecule has 1 unspecified atom stereocenters. The molecule has 0 radical (unpaired) electrons. The molecule has 0 amide bonds. The number of aryl methyl sites for hydroxylation is 1. The minimum Gasteiger partial charge on any atom is -0.328 e. The Labute approximate surface area is 110 Å². The zero-order chi connectivity index (χ0) is 13.0. The lowest BCUT2D eigenvalue weighted by Crippen LogP contribution is -2.10. The van der Waals surface area contributed by atoms with Crippen molar-refractivity contribution >= 4 is 11.0 Å². The number of benzene rings is 1. The Kier molecular flexibility index (Phi) is 4.40. The summed E-state index contributed by atoms with van der Waals surface area (Å²) in [4.78, 5) is 4.78. The van der Waals surface area contributed by atoms with Crippen LogP contribution in [0.15, 0.2) is 24.3 Å². The monoisotopic (exact) mass is 244 g/mol. The van der Waals surface area contributed by atoms with E-state index in [2.05, 4.69) is 49.6 Å². The number of fused-ring (bicyclic) bond motifs is 1. The van der Waals surface area contributed by atoms with Crippen LogP contribution in [0.2, 0.25) is 0 Å². The first-order valence-electron chi connectivity index (χ1n) is 7.20. The predicted octanol–water partition coefficient (Wildman–Crippen LogP) is 4.43. The molecule has 2 nitrogen and oxygen atoms in total. The number of nitrogens with zero attached hydrogens (tertiary/aromatic N) is 2. The topological polar surface area (TPSA) is 17.8 Å². The SMILES string of the molecule is CCCc1nc2ccccc2n1CC(C)CCC. The summed E-state index contributed by atoms with van der Waals surface area (Å²) >= 11 is 0. The number of hydrogen-bond donors (Lipinski definition) is 0. The molecule has 0 bridgehead atoms. The Hall–Kier alpha value is -1.31. The van der Waals surface area contributed by atoms with Gasteiger partial charge in [-0.1, -0.05) is 39.3 Å². The second-order valence-electron chi connectivity index (χ2n) is 5.27. The molecule has 0 aliphatic rings. The van der Waals surface area contributed by atoms with E-state index >= 15 is 0 Å². The van der Waals surface area contributed by atoms with Crippen molar-refractivity contribution in [1.29, 1.82) is 0 Å². The number of aromatic nitrogens is 2. The Morgan fingerprint density at radius 1 is 1.17 bits per heavy atom. The molecule has 0 saturated heterocycles. The van der Waals surface area contributed by atoms with Crippen LogP contribution in [-0.4, -0.2) is 9.55 Å². The minimum absolute atomic E-state index is 0.725. The van der Waals surface area contributed by atoms with E-state index in [0.717, 1.165) is 30.8 Å². The first-order valence-corrected chi connectivity index (χ1v) is 7.20. The van der Waals surface area contributed by atoms with Crippen LogP contribution in [0.4, 0.5) is 0 Å². The molecule has 18 heavy (non-hydrogen) atoms. The predicted molar refractivity (Wildman–Crippen MR) is 77.8 cm³/mol. The molecule has 2 heteroatoms. The second-order valence-corrected chi connectivity index (χ2v) is 5.27. The second kappa shape index (κ2) is 6.03. The van der Waals surface area contributed by atoms with E-state index in [-0.39, 0.29) is 0 Å². The van der Waals surface area contributed by atoms with Crippen LogP contribution in [0.3, 0.4) is 0 Å². The number of para-hydroxylation sites is 2. The minimum atomic E-state index is 0.725. The molecule has 1 aromatic heterocycles. The summed E-state index contributed by atoms with van der Waals surface area (Å²) in [5.74, 6) is 1.98. The van der Waals surface area contributed by atoms with Crippen LogP contribution in [-0.2, 0) is 13.0 Å². The lowest BCUT2D eigenvalue weighted by atomic mass is 10.1. The van der Waals surface area contributed by atoms with Crippen molar-refractivity contribution in [2.75, 3.05) is 0 Å². The highest BCUT2D eigenvalue weighted by atomic mass is 15.1.